The summed E-state index contributed by atoms with van der Waals surface area (Å²) in [5.74, 6) is 0. The number of thiazole rings is 1. The molecule has 0 saturated carbocycles. The lowest BCUT2D eigenvalue weighted by molar-refractivity contribution is 0.669. The fourth-order valence-corrected chi connectivity index (χ4v) is 1.97. The normalized spacial score (nSPS) is 10.8. The van der Waals surface area contributed by atoms with E-state index in [-0.39, 0.29) is 0 Å². The maximum atomic E-state index is 5.46. The van der Waals surface area contributed by atoms with Gasteiger partial charge in [-0.3, -0.25) is 0 Å². The van der Waals surface area contributed by atoms with Crippen LogP contribution in [0.5, 0.6) is 0 Å². The molecule has 0 saturated heterocycles. The van der Waals surface area contributed by atoms with Gasteiger partial charge in [0.25, 0.3) is 0 Å². The molecule has 6 heteroatoms. The largest absolute Gasteiger partial charge is 0.336 e. The summed E-state index contributed by atoms with van der Waals surface area (Å²) >= 11 is 1.61. The van der Waals surface area contributed by atoms with Crippen molar-refractivity contribution >= 4 is 11.3 Å². The first-order valence-electron chi connectivity index (χ1n) is 5.17. The van der Waals surface area contributed by atoms with Crippen LogP contribution < -0.4 is 11.1 Å². The van der Waals surface area contributed by atoms with E-state index in [0.717, 1.165) is 31.0 Å². The van der Waals surface area contributed by atoms with Crippen LogP contribution in [0.3, 0.4) is 0 Å². The number of hydrogen-bond acceptors (Lipinski definition) is 5. The zero-order valence-corrected chi connectivity index (χ0v) is 9.78. The highest BCUT2D eigenvalue weighted by molar-refractivity contribution is 7.07. The molecule has 0 aliphatic carbocycles. The Bertz CT molecular complexity index is 409. The highest BCUT2D eigenvalue weighted by atomic mass is 32.1. The second kappa shape index (κ2) is 5.74. The van der Waals surface area contributed by atoms with Crippen LogP contribution >= 0.6 is 11.3 Å². The van der Waals surface area contributed by atoms with E-state index < -0.39 is 0 Å². The topological polar surface area (TPSA) is 68.8 Å². The Balaban J connectivity index is 1.76. The van der Waals surface area contributed by atoms with Gasteiger partial charge in [-0.05, 0) is 0 Å². The van der Waals surface area contributed by atoms with Crippen molar-refractivity contribution in [1.82, 2.24) is 19.9 Å². The molecule has 0 radical (unpaired) electrons. The highest BCUT2D eigenvalue weighted by Gasteiger charge is 1.99. The van der Waals surface area contributed by atoms with Crippen molar-refractivity contribution in [3.63, 3.8) is 0 Å². The molecule has 3 N–H and O–H groups in total. The quantitative estimate of drug-likeness (QED) is 0.771. The second-order valence-corrected chi connectivity index (χ2v) is 4.19. The minimum atomic E-state index is 0.641. The summed E-state index contributed by atoms with van der Waals surface area (Å²) in [5.41, 5.74) is 9.41. The Morgan fingerprint density at radius 2 is 2.19 bits per heavy atom. The summed E-state index contributed by atoms with van der Waals surface area (Å²) in [7, 11) is 0. The molecule has 0 bridgehead atoms. The van der Waals surface area contributed by atoms with Crippen LogP contribution in [0.2, 0.25) is 0 Å². The van der Waals surface area contributed by atoms with Crippen LogP contribution in [0.1, 0.15) is 11.4 Å². The average molecular weight is 237 g/mol. The van der Waals surface area contributed by atoms with Crippen LogP contribution in [0.15, 0.2) is 23.4 Å². The van der Waals surface area contributed by atoms with Crippen LogP contribution in [0, 0.1) is 0 Å². The molecule has 0 aromatic carbocycles. The van der Waals surface area contributed by atoms with E-state index in [1.54, 1.807) is 11.3 Å². The first-order chi connectivity index (χ1) is 7.88. The standard InChI is InChI=1S/C10H15N5S/c11-1-2-15-5-9(13-7-15)3-12-4-10-6-16-8-14-10/h5-8,12H,1-4,11H2. The van der Waals surface area contributed by atoms with Crippen molar-refractivity contribution in [3.8, 4) is 0 Å². The van der Waals surface area contributed by atoms with Crippen molar-refractivity contribution in [3.05, 3.63) is 34.8 Å². The SMILES string of the molecule is NCCn1cnc(CNCc2cscn2)c1. The van der Waals surface area contributed by atoms with Gasteiger partial charge in [-0.15, -0.1) is 11.3 Å². The van der Waals surface area contributed by atoms with Gasteiger partial charge >= 0.3 is 0 Å². The molecule has 2 aromatic rings. The van der Waals surface area contributed by atoms with Crippen LogP contribution in [-0.2, 0) is 19.6 Å². The summed E-state index contributed by atoms with van der Waals surface area (Å²) in [6, 6.07) is 0. The molecule has 2 aromatic heterocycles. The summed E-state index contributed by atoms with van der Waals surface area (Å²) < 4.78 is 2.00. The van der Waals surface area contributed by atoms with Gasteiger partial charge in [0.05, 0.1) is 23.2 Å². The highest BCUT2D eigenvalue weighted by Crippen LogP contribution is 2.01. The third-order valence-electron chi connectivity index (χ3n) is 2.17. The molecule has 0 unspecified atom stereocenters. The van der Waals surface area contributed by atoms with Crippen molar-refractivity contribution < 1.29 is 0 Å². The van der Waals surface area contributed by atoms with Gasteiger partial charge in [-0.25, -0.2) is 9.97 Å². The van der Waals surface area contributed by atoms with E-state index in [4.69, 9.17) is 5.73 Å². The number of imidazole rings is 1. The van der Waals surface area contributed by atoms with E-state index in [0.29, 0.717) is 6.54 Å². The number of nitrogens with one attached hydrogen (secondary N) is 1. The van der Waals surface area contributed by atoms with E-state index in [9.17, 15) is 0 Å². The van der Waals surface area contributed by atoms with Gasteiger partial charge in [0.2, 0.25) is 0 Å². The third-order valence-corrected chi connectivity index (χ3v) is 2.81. The number of nitrogens with zero attached hydrogens (tertiary/aromatic N) is 3. The monoisotopic (exact) mass is 237 g/mol. The molecule has 0 amide bonds. The van der Waals surface area contributed by atoms with Gasteiger partial charge in [-0.2, -0.15) is 0 Å². The van der Waals surface area contributed by atoms with Gasteiger partial charge in [-0.1, -0.05) is 0 Å². The molecule has 86 valence electrons. The molecule has 2 heterocycles. The van der Waals surface area contributed by atoms with E-state index >= 15 is 0 Å². The smallest absolute Gasteiger partial charge is 0.0950 e. The molecule has 5 nitrogen and oxygen atoms in total. The Kier molecular flexibility index (Phi) is 4.03. The molecular weight excluding hydrogens is 222 g/mol. The van der Waals surface area contributed by atoms with Gasteiger partial charge in [0.1, 0.15) is 0 Å². The molecule has 0 spiro atoms. The predicted molar refractivity (Wildman–Crippen MR) is 63.9 cm³/mol. The van der Waals surface area contributed by atoms with Gasteiger partial charge < -0.3 is 15.6 Å². The second-order valence-electron chi connectivity index (χ2n) is 3.47. The first kappa shape index (κ1) is 11.3. The lowest BCUT2D eigenvalue weighted by Gasteiger charge is -1.99. The van der Waals surface area contributed by atoms with Crippen molar-refractivity contribution in [2.75, 3.05) is 6.54 Å². The van der Waals surface area contributed by atoms with Crippen molar-refractivity contribution in [2.45, 2.75) is 19.6 Å². The van der Waals surface area contributed by atoms with Crippen LogP contribution in [0.25, 0.3) is 0 Å². The summed E-state index contributed by atoms with van der Waals surface area (Å²) in [5, 5.41) is 5.34. The first-order valence-corrected chi connectivity index (χ1v) is 6.11. The zero-order chi connectivity index (χ0) is 11.2. The molecule has 16 heavy (non-hydrogen) atoms. The number of rotatable bonds is 6. The van der Waals surface area contributed by atoms with Crippen LogP contribution in [0.4, 0.5) is 0 Å². The minimum absolute atomic E-state index is 0.641. The number of aromatic nitrogens is 3. The molecule has 0 aliphatic heterocycles. The van der Waals surface area contributed by atoms with Gasteiger partial charge in [0.15, 0.2) is 0 Å². The number of nitrogens with two attached hydrogens (primary N) is 1. The molecule has 0 aliphatic rings. The van der Waals surface area contributed by atoms with E-state index in [1.165, 1.54) is 0 Å². The summed E-state index contributed by atoms with van der Waals surface area (Å²) in [6.45, 7) is 3.00. The average Bonchev–Trinajstić information content (AvgIpc) is 2.90. The number of hydrogen-bond donors (Lipinski definition) is 2. The van der Waals surface area contributed by atoms with E-state index in [1.807, 2.05) is 28.0 Å². The summed E-state index contributed by atoms with van der Waals surface area (Å²) in [6.07, 6.45) is 3.83. The Hall–Kier alpha value is -1.24. The third kappa shape index (κ3) is 3.13. The van der Waals surface area contributed by atoms with Gasteiger partial charge in [0, 0.05) is 37.8 Å². The predicted octanol–water partition coefficient (Wildman–Crippen LogP) is 0.588. The molecule has 0 atom stereocenters. The Labute approximate surface area is 98.3 Å². The lowest BCUT2D eigenvalue weighted by Crippen LogP contribution is -2.13. The Morgan fingerprint density at radius 1 is 1.31 bits per heavy atom. The Morgan fingerprint density at radius 3 is 2.94 bits per heavy atom. The minimum Gasteiger partial charge on any atom is -0.336 e. The maximum Gasteiger partial charge on any atom is 0.0950 e. The molecular formula is C10H15N5S. The zero-order valence-electron chi connectivity index (χ0n) is 8.97. The molecule has 0 fully saturated rings. The van der Waals surface area contributed by atoms with Crippen molar-refractivity contribution in [2.24, 2.45) is 5.73 Å². The van der Waals surface area contributed by atoms with Crippen LogP contribution in [-0.4, -0.2) is 21.1 Å². The fraction of sp³-hybridized carbons (Fsp3) is 0.400. The fourth-order valence-electron chi connectivity index (χ4n) is 1.41. The maximum absolute atomic E-state index is 5.46. The lowest BCUT2D eigenvalue weighted by atomic mass is 10.4. The molecule has 2 rings (SSSR count). The van der Waals surface area contributed by atoms with E-state index in [2.05, 4.69) is 15.3 Å². The summed E-state index contributed by atoms with van der Waals surface area (Å²) in [4.78, 5) is 8.48. The van der Waals surface area contributed by atoms with Crippen molar-refractivity contribution in [1.29, 1.82) is 0 Å².